The highest BCUT2D eigenvalue weighted by Crippen LogP contribution is 2.26. The Morgan fingerprint density at radius 3 is 0.871 bits per heavy atom. The predicted octanol–water partition coefficient (Wildman–Crippen LogP) is -110. The number of ether oxygens (including phenoxy) is 5. The number of hydrogen-bond acceptors (Lipinski definition) is 18. The Morgan fingerprint density at radius 1 is 0.364 bits per heavy atom. The molecule has 0 aliphatic rings. The van der Waals surface area contributed by atoms with Crippen molar-refractivity contribution in [3.05, 3.63) is 132 Å². The molecule has 4 aromatic carbocycles. The van der Waals surface area contributed by atoms with Gasteiger partial charge in [-0.2, -0.15) is 0 Å². The lowest BCUT2D eigenvalue weighted by Crippen LogP contribution is -3.00. The summed E-state index contributed by atoms with van der Waals surface area (Å²) in [5, 5.41) is 26.7. The van der Waals surface area contributed by atoms with E-state index < -0.39 is 65.4 Å². The number of aliphatic hydroxyl groups excluding tert-OH is 2. The number of alkyl carbamates (subject to hydrolysis) is 2. The van der Waals surface area contributed by atoms with E-state index in [1.807, 2.05) is 153 Å². The Kier molecular flexibility index (Phi) is 263. The third kappa shape index (κ3) is 103. The standard InChI is InChI=1S/C27H35N3O6.C20H30N2O5.C19H29N3O4.2CH4.41FH/c1-27(2,3)36-26(33)30(4)17-11-10-15-21(29-25(32)34-18-19-12-6-5-7-13-19)23(31)24-28-20-14-8-9-16-22(20)35-24;1-20(2,3)27-19(25)22(4)13-9-8-12-17(14-23)21-18(24)26-15-16-10-6-5-7-11-16;1-19(2,3)26-18(24)22(4)12-8-7-9-13(20)16(23)17-21-14-10-5-6-11-15(14)25-17;;;;;;;;;;;;;;;;;;;;;;;;;;;;;;;;;;;;;;;;;;;/h5-9,12-14,16,21,23,31H,10-11,15,17-18H2,1-4H3,(H,29,32);5-7,10-11,14,17H,8-9,12-13,15H2,1-4H3,(H,21,24);5-6,10-11,13,16,23H,7-9,12,20H2,1-4H3;2*1H4;41*1H/p-41/t21-,23?;17-;13-,16?;;;;;;;;;;;;;;;;;;;;;;;;;;;;;;;;;;;;;;;;;;;/m000.........................................../s1. The number of amides is 5. The number of aromatic nitrogens is 2. The molecule has 6 aromatic rings. The largest absolute Gasteiger partial charge is 1.00 e. The van der Waals surface area contributed by atoms with E-state index in [0.29, 0.717) is 93.1 Å². The van der Waals surface area contributed by atoms with Gasteiger partial charge in [0.15, 0.2) is 17.3 Å². The van der Waals surface area contributed by atoms with Crippen molar-refractivity contribution in [2.24, 2.45) is 5.73 Å². The number of unbranched alkanes of at least 4 members (excludes halogenated alkanes) is 3. The van der Waals surface area contributed by atoms with Crippen molar-refractivity contribution in [1.29, 1.82) is 0 Å². The van der Waals surface area contributed by atoms with Gasteiger partial charge in [-0.25, -0.2) is 33.9 Å². The zero-order valence-corrected chi connectivity index (χ0v) is 69.3. The van der Waals surface area contributed by atoms with Crippen molar-refractivity contribution < 1.29 is 264 Å². The molecule has 832 valence electrons. The van der Waals surface area contributed by atoms with Crippen molar-refractivity contribution in [1.82, 2.24) is 35.3 Å². The first-order valence-electron chi connectivity index (χ1n) is 30.1. The van der Waals surface area contributed by atoms with Gasteiger partial charge in [0.05, 0.1) is 12.1 Å². The number of oxazole rings is 2. The van der Waals surface area contributed by atoms with Crippen LogP contribution >= 0.6 is 0 Å². The molecule has 0 bridgehead atoms. The Bertz CT molecular complexity index is 3140. The minimum atomic E-state index is -1.18. The number of aliphatic hydroxyl groups is 2. The highest BCUT2D eigenvalue weighted by molar-refractivity contribution is 5.74. The fourth-order valence-electron chi connectivity index (χ4n) is 8.31. The summed E-state index contributed by atoms with van der Waals surface area (Å²) in [5.41, 5.74) is 8.72. The molecule has 64 heteroatoms. The zero-order chi connectivity index (χ0) is 65.7. The average molecular weight is 2050 g/mol. The number of para-hydroxylation sites is 4. The van der Waals surface area contributed by atoms with Gasteiger partial charge in [-0.1, -0.05) is 106 Å². The van der Waals surface area contributed by atoms with Crippen LogP contribution in [0.3, 0.4) is 0 Å². The average Bonchev–Trinajstić information content (AvgIpc) is 1.69. The van der Waals surface area contributed by atoms with Crippen LogP contribution in [-0.4, -0.2) is 147 Å². The Morgan fingerprint density at radius 2 is 0.606 bits per heavy atom. The van der Waals surface area contributed by atoms with Gasteiger partial charge in [0.25, 0.3) is 0 Å². The monoisotopic (exact) mass is 2050 g/mol. The smallest absolute Gasteiger partial charge is 0.410 e. The Labute approximate surface area is 731 Å². The van der Waals surface area contributed by atoms with Crippen molar-refractivity contribution in [2.75, 3.05) is 40.8 Å². The molecule has 132 heavy (non-hydrogen) atoms. The number of benzene rings is 4. The summed E-state index contributed by atoms with van der Waals surface area (Å²) in [6.45, 7) is 18.2. The number of fused-ring (bicyclic) bond motifs is 2. The summed E-state index contributed by atoms with van der Waals surface area (Å²) in [5.74, 6) is 0.361. The van der Waals surface area contributed by atoms with Crippen molar-refractivity contribution >= 4 is 59.0 Å². The summed E-state index contributed by atoms with van der Waals surface area (Å²) in [4.78, 5) is 84.6. The molecular formula is C68H102F41N8O15-41. The second-order valence-corrected chi connectivity index (χ2v) is 24.5. The lowest BCUT2D eigenvalue weighted by atomic mass is 10.0. The first kappa shape index (κ1) is 266. The van der Waals surface area contributed by atoms with Crippen LogP contribution in [-0.2, 0) is 41.7 Å². The van der Waals surface area contributed by atoms with E-state index in [4.69, 9.17) is 38.3 Å². The molecule has 6 rings (SSSR count). The molecule has 5 atom stereocenters. The van der Waals surface area contributed by atoms with Gasteiger partial charge in [0.2, 0.25) is 11.8 Å². The van der Waals surface area contributed by atoms with E-state index in [1.165, 1.54) is 9.80 Å². The summed E-state index contributed by atoms with van der Waals surface area (Å²) < 4.78 is 37.7. The van der Waals surface area contributed by atoms with E-state index in [0.717, 1.165) is 24.0 Å². The van der Waals surface area contributed by atoms with Gasteiger partial charge < -0.3 is 271 Å². The van der Waals surface area contributed by atoms with Crippen molar-refractivity contribution in [3.8, 4) is 0 Å². The van der Waals surface area contributed by atoms with E-state index in [-0.39, 0.29) is 245 Å². The van der Waals surface area contributed by atoms with Crippen LogP contribution in [0.1, 0.15) is 170 Å². The third-order valence-corrected chi connectivity index (χ3v) is 13.0. The molecule has 0 saturated heterocycles. The van der Waals surface area contributed by atoms with Gasteiger partial charge in [-0.05, 0) is 149 Å². The van der Waals surface area contributed by atoms with Crippen LogP contribution < -0.4 is 209 Å². The summed E-state index contributed by atoms with van der Waals surface area (Å²) >= 11 is 0. The van der Waals surface area contributed by atoms with Gasteiger partial charge in [0.1, 0.15) is 53.4 Å². The second-order valence-electron chi connectivity index (χ2n) is 24.5. The van der Waals surface area contributed by atoms with E-state index >= 15 is 0 Å². The van der Waals surface area contributed by atoms with Gasteiger partial charge in [-0.3, -0.25) is 0 Å². The summed E-state index contributed by atoms with van der Waals surface area (Å²) in [6, 6.07) is 31.4. The minimum absolute atomic E-state index is 0. The number of nitrogens with two attached hydrogens (primary N) is 1. The highest BCUT2D eigenvalue weighted by atomic mass is 19.0. The second kappa shape index (κ2) is 131. The molecule has 2 aromatic heterocycles. The van der Waals surface area contributed by atoms with Crippen LogP contribution in [0.2, 0.25) is 0 Å². The molecule has 5 amide bonds. The molecule has 0 aliphatic carbocycles. The van der Waals surface area contributed by atoms with Crippen molar-refractivity contribution in [3.63, 3.8) is 0 Å². The van der Waals surface area contributed by atoms with E-state index in [1.54, 1.807) is 44.2 Å². The number of hydrogen-bond donors (Lipinski definition) is 5. The van der Waals surface area contributed by atoms with Crippen LogP contribution in [0.15, 0.2) is 118 Å². The fourth-order valence-corrected chi connectivity index (χ4v) is 8.31. The normalized spacial score (nSPS) is 8.84. The van der Waals surface area contributed by atoms with E-state index in [2.05, 4.69) is 20.6 Å². The quantitative estimate of drug-likeness (QED) is 0.0146. The number of nitrogens with one attached hydrogen (secondary N) is 2. The molecule has 6 N–H and O–H groups in total. The van der Waals surface area contributed by atoms with Gasteiger partial charge in [0, 0.05) is 46.8 Å². The summed E-state index contributed by atoms with van der Waals surface area (Å²) in [7, 11) is 5.06. The molecule has 0 radical (unpaired) electrons. The lowest BCUT2D eigenvalue weighted by molar-refractivity contribution is -0.109. The van der Waals surface area contributed by atoms with Crippen LogP contribution in [0.25, 0.3) is 22.2 Å². The van der Waals surface area contributed by atoms with Crippen LogP contribution in [0, 0.1) is 0 Å². The maximum atomic E-state index is 12.5. The van der Waals surface area contributed by atoms with Gasteiger partial charge in [-0.15, -0.1) is 0 Å². The molecule has 0 fully saturated rings. The molecule has 2 heterocycles. The highest BCUT2D eigenvalue weighted by Gasteiger charge is 2.29. The minimum Gasteiger partial charge on any atom is -1.00 e. The molecule has 0 aliphatic heterocycles. The third-order valence-electron chi connectivity index (χ3n) is 13.0. The molecule has 2 unspecified atom stereocenters. The number of nitrogens with zero attached hydrogens (tertiary/aromatic N) is 5. The number of carbonyl (C=O) groups excluding carboxylic acids is 6. The van der Waals surface area contributed by atoms with Crippen molar-refractivity contribution in [2.45, 2.75) is 195 Å². The molecule has 0 saturated carbocycles. The number of carbonyl (C=O) groups is 6. The van der Waals surface area contributed by atoms with Crippen LogP contribution in [0.5, 0.6) is 0 Å². The van der Waals surface area contributed by atoms with E-state index in [9.17, 15) is 39.0 Å². The molecule has 0 spiro atoms. The maximum Gasteiger partial charge on any atom is 0.410 e. The topological polar surface area (TPSA) is 301 Å². The maximum absolute atomic E-state index is 12.5. The first-order chi connectivity index (χ1) is 42.0. The number of aldehydes is 1. The Balaban J connectivity index is -0.0000000220. The molecular weight excluding hydrogens is 1950 g/mol. The fraction of sp³-hybridized carbons (Fsp3) is 0.529. The SMILES string of the molecule is C.C.CN(CCCC[C@@H](C=O)NC(=O)OCc1ccccc1)C(=O)OC(C)(C)C.CN(CCCC[C@H](N)C(O)c1nc2ccccc2o1)C(=O)OC(C)(C)C.CN(CCCC[C@H](NC(=O)OCc1ccccc1)C(O)c1nc2ccccc2o1)C(=O)OC(C)(C)C.[F-].[F-].[F-].[F-].[F-].[F-].[F-].[F-].[F-].[F-].[F-].[F-].[F-].[F-].[F-].[F-].[F-].[F-].[F-].[F-].[F-].[F-].[F-].[F-].[F-].[F-].[F-].[F-].[F-].[F-].[F-].[F-].[F-].[F-].[F-].[F-].[F-].[F-].[F-].[F-].[F-]. The zero-order valence-electron chi connectivity index (χ0n) is 69.3. The Hall–Kier alpha value is -11.2. The molecule has 23 nitrogen and oxygen atoms in total. The number of halogens is 41. The predicted molar refractivity (Wildman–Crippen MR) is 351 cm³/mol. The number of rotatable bonds is 26. The lowest BCUT2D eigenvalue weighted by Gasteiger charge is -2.25. The van der Waals surface area contributed by atoms with Crippen LogP contribution in [0.4, 0.5) is 24.0 Å². The van der Waals surface area contributed by atoms with Gasteiger partial charge >= 0.3 is 30.5 Å². The summed E-state index contributed by atoms with van der Waals surface area (Å²) in [6.07, 6.45) is 1.85. The first-order valence-corrected chi connectivity index (χ1v) is 30.1.